The fourth-order valence-corrected chi connectivity index (χ4v) is 2.93. The van der Waals surface area contributed by atoms with Crippen LogP contribution in [0.3, 0.4) is 0 Å². The molecular weight excluding hydrogens is 282 g/mol. The lowest BCUT2D eigenvalue weighted by molar-refractivity contribution is 0.0590. The summed E-state index contributed by atoms with van der Waals surface area (Å²) in [6, 6.07) is 3.66. The van der Waals surface area contributed by atoms with Crippen LogP contribution in [-0.4, -0.2) is 44.2 Å². The van der Waals surface area contributed by atoms with Gasteiger partial charge in [-0.25, -0.2) is 4.98 Å². The number of rotatable bonds is 4. The third-order valence-electron chi connectivity index (χ3n) is 4.05. The summed E-state index contributed by atoms with van der Waals surface area (Å²) < 4.78 is 6.91. The fraction of sp³-hybridized carbons (Fsp3) is 0.533. The second-order valence-electron chi connectivity index (χ2n) is 5.59. The van der Waals surface area contributed by atoms with E-state index in [2.05, 4.69) is 15.2 Å². The molecule has 7 nitrogen and oxygen atoms in total. The van der Waals surface area contributed by atoms with Crippen LogP contribution >= 0.6 is 0 Å². The number of piperidine rings is 1. The number of amides is 1. The second-order valence-corrected chi connectivity index (χ2v) is 5.59. The summed E-state index contributed by atoms with van der Waals surface area (Å²) in [6.45, 7) is 1.13. The highest BCUT2D eigenvalue weighted by Gasteiger charge is 2.32. The van der Waals surface area contributed by atoms with Gasteiger partial charge in [-0.1, -0.05) is 0 Å². The minimum Gasteiger partial charge on any atom is -0.377 e. The largest absolute Gasteiger partial charge is 0.377 e. The van der Waals surface area contributed by atoms with Gasteiger partial charge in [-0.3, -0.25) is 9.89 Å². The summed E-state index contributed by atoms with van der Waals surface area (Å²) in [6.07, 6.45) is 4.87. The predicted octanol–water partition coefficient (Wildman–Crippen LogP) is 1.66. The van der Waals surface area contributed by atoms with Crippen molar-refractivity contribution < 1.29 is 9.53 Å². The van der Waals surface area contributed by atoms with Crippen molar-refractivity contribution in [1.29, 1.82) is 0 Å². The smallest absolute Gasteiger partial charge is 0.271 e. The Morgan fingerprint density at radius 3 is 3.09 bits per heavy atom. The van der Waals surface area contributed by atoms with Crippen LogP contribution in [0, 0.1) is 0 Å². The predicted molar refractivity (Wildman–Crippen MR) is 80.1 cm³/mol. The molecule has 1 amide bonds. The van der Waals surface area contributed by atoms with E-state index in [0.717, 1.165) is 25.8 Å². The second kappa shape index (κ2) is 6.31. The van der Waals surface area contributed by atoms with E-state index in [0.29, 0.717) is 23.9 Å². The van der Waals surface area contributed by atoms with Crippen LogP contribution in [0.4, 0.5) is 0 Å². The summed E-state index contributed by atoms with van der Waals surface area (Å²) in [4.78, 5) is 19.2. The number of hydrogen-bond acceptors (Lipinski definition) is 4. The quantitative estimate of drug-likeness (QED) is 0.932. The monoisotopic (exact) mass is 303 g/mol. The van der Waals surface area contributed by atoms with Gasteiger partial charge in [0.25, 0.3) is 5.91 Å². The van der Waals surface area contributed by atoms with Gasteiger partial charge in [0.1, 0.15) is 12.3 Å². The highest BCUT2D eigenvalue weighted by atomic mass is 16.5. The lowest BCUT2D eigenvalue weighted by Gasteiger charge is -2.34. The van der Waals surface area contributed by atoms with Crippen LogP contribution < -0.4 is 0 Å². The molecule has 1 unspecified atom stereocenters. The maximum absolute atomic E-state index is 12.8. The van der Waals surface area contributed by atoms with Gasteiger partial charge < -0.3 is 14.2 Å². The Hall–Kier alpha value is -2.15. The number of carbonyl (C=O) groups is 1. The van der Waals surface area contributed by atoms with Crippen molar-refractivity contribution in [3.8, 4) is 0 Å². The van der Waals surface area contributed by atoms with Crippen molar-refractivity contribution in [2.75, 3.05) is 13.7 Å². The lowest BCUT2D eigenvalue weighted by Crippen LogP contribution is -2.39. The van der Waals surface area contributed by atoms with Gasteiger partial charge in [0.15, 0.2) is 11.6 Å². The maximum Gasteiger partial charge on any atom is 0.271 e. The molecule has 2 aromatic heterocycles. The van der Waals surface area contributed by atoms with Crippen molar-refractivity contribution in [2.24, 2.45) is 7.05 Å². The van der Waals surface area contributed by atoms with Gasteiger partial charge in [0.2, 0.25) is 0 Å². The van der Waals surface area contributed by atoms with Gasteiger partial charge >= 0.3 is 0 Å². The van der Waals surface area contributed by atoms with Crippen molar-refractivity contribution >= 4 is 5.91 Å². The third kappa shape index (κ3) is 2.76. The van der Waals surface area contributed by atoms with Crippen LogP contribution in [0.15, 0.2) is 18.3 Å². The molecule has 1 atom stereocenters. The molecule has 1 fully saturated rings. The Labute approximate surface area is 129 Å². The molecule has 118 valence electrons. The zero-order valence-electron chi connectivity index (χ0n) is 13.0. The summed E-state index contributed by atoms with van der Waals surface area (Å²) in [5, 5.41) is 7.16. The molecule has 0 spiro atoms. The number of hydrogen-bond donors (Lipinski definition) is 1. The number of nitrogens with zero attached hydrogens (tertiary/aromatic N) is 4. The average molecular weight is 303 g/mol. The summed E-state index contributed by atoms with van der Waals surface area (Å²) in [7, 11) is 3.50. The van der Waals surface area contributed by atoms with Gasteiger partial charge in [0, 0.05) is 26.9 Å². The summed E-state index contributed by atoms with van der Waals surface area (Å²) in [5.41, 5.74) is 0.694. The first-order valence-corrected chi connectivity index (χ1v) is 7.53. The third-order valence-corrected chi connectivity index (χ3v) is 4.05. The Morgan fingerprint density at radius 2 is 2.36 bits per heavy atom. The Morgan fingerprint density at radius 1 is 1.50 bits per heavy atom. The van der Waals surface area contributed by atoms with Gasteiger partial charge in [-0.2, -0.15) is 5.10 Å². The van der Waals surface area contributed by atoms with Crippen molar-refractivity contribution in [2.45, 2.75) is 31.9 Å². The molecule has 7 heteroatoms. The molecule has 3 heterocycles. The highest BCUT2D eigenvalue weighted by Crippen LogP contribution is 2.30. The molecule has 0 aromatic carbocycles. The van der Waals surface area contributed by atoms with Crippen molar-refractivity contribution in [1.82, 2.24) is 24.6 Å². The number of carbonyl (C=O) groups excluding carboxylic acids is 1. The topological polar surface area (TPSA) is 76.0 Å². The van der Waals surface area contributed by atoms with Gasteiger partial charge in [-0.15, -0.1) is 0 Å². The lowest BCUT2D eigenvalue weighted by atomic mass is 10.0. The molecule has 2 aromatic rings. The number of aryl methyl sites for hydroxylation is 1. The van der Waals surface area contributed by atoms with Crippen LogP contribution in [0.2, 0.25) is 0 Å². The van der Waals surface area contributed by atoms with E-state index < -0.39 is 0 Å². The van der Waals surface area contributed by atoms with Crippen LogP contribution in [-0.2, 0) is 18.4 Å². The van der Waals surface area contributed by atoms with E-state index in [9.17, 15) is 4.79 Å². The number of ether oxygens (including phenoxy) is 1. The minimum atomic E-state index is -0.0713. The molecule has 3 rings (SSSR count). The van der Waals surface area contributed by atoms with E-state index in [1.807, 2.05) is 34.8 Å². The molecular formula is C15H21N5O2. The van der Waals surface area contributed by atoms with Crippen LogP contribution in [0.1, 0.15) is 47.4 Å². The number of likely N-dealkylation sites (tertiary alicyclic amines) is 1. The molecule has 1 aliphatic heterocycles. The van der Waals surface area contributed by atoms with E-state index in [4.69, 9.17) is 4.74 Å². The zero-order chi connectivity index (χ0) is 15.5. The molecule has 22 heavy (non-hydrogen) atoms. The molecule has 0 aliphatic carbocycles. The molecule has 0 bridgehead atoms. The van der Waals surface area contributed by atoms with E-state index in [-0.39, 0.29) is 11.9 Å². The van der Waals surface area contributed by atoms with E-state index in [1.54, 1.807) is 7.11 Å². The van der Waals surface area contributed by atoms with E-state index >= 15 is 0 Å². The number of aromatic amines is 1. The van der Waals surface area contributed by atoms with Crippen LogP contribution in [0.5, 0.6) is 0 Å². The normalized spacial score (nSPS) is 18.6. The number of nitrogens with one attached hydrogen (secondary N) is 1. The van der Waals surface area contributed by atoms with Crippen molar-refractivity contribution in [3.05, 3.63) is 35.7 Å². The first-order chi connectivity index (χ1) is 10.7. The summed E-state index contributed by atoms with van der Waals surface area (Å²) >= 11 is 0. The molecule has 1 N–H and O–H groups in total. The number of methoxy groups -OCH3 is 1. The van der Waals surface area contributed by atoms with Gasteiger partial charge in [-0.05, 0) is 31.4 Å². The van der Waals surface area contributed by atoms with Crippen LogP contribution in [0.25, 0.3) is 0 Å². The van der Waals surface area contributed by atoms with Crippen molar-refractivity contribution in [3.63, 3.8) is 0 Å². The number of aromatic nitrogens is 4. The average Bonchev–Trinajstić information content (AvgIpc) is 3.16. The highest BCUT2D eigenvalue weighted by molar-refractivity contribution is 5.93. The minimum absolute atomic E-state index is 0.0373. The first-order valence-electron chi connectivity index (χ1n) is 7.53. The molecule has 1 aliphatic rings. The molecule has 0 saturated carbocycles. The van der Waals surface area contributed by atoms with E-state index in [1.165, 1.54) is 0 Å². The Kier molecular flexibility index (Phi) is 4.24. The summed E-state index contributed by atoms with van der Waals surface area (Å²) in [5.74, 6) is 1.40. The first kappa shape index (κ1) is 14.8. The fourth-order valence-electron chi connectivity index (χ4n) is 2.93. The Bertz CT molecular complexity index is 648. The standard InChI is InChI=1S/C15H21N5O2/c1-19-8-5-7-12(19)15(21)20-9-4-3-6-11(20)14-16-13(10-22-2)17-18-14/h5,7-8,11H,3-4,6,9-10H2,1-2H3,(H,16,17,18). The zero-order valence-corrected chi connectivity index (χ0v) is 13.0. The maximum atomic E-state index is 12.8. The molecule has 0 radical (unpaired) electrons. The number of H-pyrrole nitrogens is 1. The SMILES string of the molecule is COCc1nc(C2CCCCN2C(=O)c2cccn2C)n[nH]1. The molecule has 1 saturated heterocycles. The van der Waals surface area contributed by atoms with Gasteiger partial charge in [0.05, 0.1) is 6.04 Å². The Balaban J connectivity index is 1.84.